The molecule has 0 aliphatic heterocycles. The molecule has 2 aromatic carbocycles. The summed E-state index contributed by atoms with van der Waals surface area (Å²) in [7, 11) is 0. The maximum absolute atomic E-state index is 2.23. The second-order valence-electron chi connectivity index (χ2n) is 3.42. The third-order valence-corrected chi connectivity index (χ3v) is 2.69. The molecule has 0 aliphatic rings. The normalized spacial score (nSPS) is 8.82. The first-order valence-electron chi connectivity index (χ1n) is 6.80. The molecule has 2 rings (SSSR count). The molecule has 0 saturated carbocycles. The predicted octanol–water partition coefficient (Wildman–Crippen LogP) is 5.76. The summed E-state index contributed by atoms with van der Waals surface area (Å²) >= 11 is 0. The van der Waals surface area contributed by atoms with Gasteiger partial charge in [-0.15, -0.1) is 0 Å². The van der Waals surface area contributed by atoms with E-state index < -0.39 is 0 Å². The molecule has 17 heavy (non-hydrogen) atoms. The topological polar surface area (TPSA) is 0 Å². The Bertz CT molecular complexity index is 427. The zero-order valence-electron chi connectivity index (χ0n) is 12.2. The van der Waals surface area contributed by atoms with Crippen molar-refractivity contribution in [3.05, 3.63) is 47.5 Å². The number of hydrogen-bond acceptors (Lipinski definition) is 0. The Morgan fingerprint density at radius 2 is 1.41 bits per heavy atom. The van der Waals surface area contributed by atoms with Gasteiger partial charge in [0.2, 0.25) is 0 Å². The van der Waals surface area contributed by atoms with Crippen LogP contribution >= 0.6 is 0 Å². The monoisotopic (exact) mass is 230 g/mol. The van der Waals surface area contributed by atoms with Crippen molar-refractivity contribution < 1.29 is 0 Å². The van der Waals surface area contributed by atoms with Crippen LogP contribution in [0.25, 0.3) is 10.8 Å². The van der Waals surface area contributed by atoms with Crippen molar-refractivity contribution in [3.8, 4) is 0 Å². The molecule has 0 radical (unpaired) electrons. The summed E-state index contributed by atoms with van der Waals surface area (Å²) in [6, 6.07) is 13.0. The summed E-state index contributed by atoms with van der Waals surface area (Å²) in [6.07, 6.45) is 1.12. The zero-order chi connectivity index (χ0) is 13.3. The molecule has 0 fully saturated rings. The Kier molecular flexibility index (Phi) is 8.13. The van der Waals surface area contributed by atoms with Crippen molar-refractivity contribution in [1.82, 2.24) is 0 Å². The quantitative estimate of drug-likeness (QED) is 0.584. The summed E-state index contributed by atoms with van der Waals surface area (Å²) in [6.45, 7) is 12.4. The third-order valence-electron chi connectivity index (χ3n) is 2.69. The van der Waals surface area contributed by atoms with Crippen LogP contribution in [0.3, 0.4) is 0 Å². The fraction of sp³-hybridized carbons (Fsp3) is 0.412. The van der Waals surface area contributed by atoms with Crippen LogP contribution in [0, 0.1) is 6.92 Å². The smallest absolute Gasteiger partial charge is 0.0152 e. The van der Waals surface area contributed by atoms with Gasteiger partial charge in [-0.25, -0.2) is 0 Å². The zero-order valence-corrected chi connectivity index (χ0v) is 12.2. The SMILES string of the molecule is CC.CC.CCc1ccc2ccccc2c1C. The maximum atomic E-state index is 2.23. The van der Waals surface area contributed by atoms with Gasteiger partial charge in [0, 0.05) is 0 Å². The molecule has 0 aromatic heterocycles. The first-order valence-corrected chi connectivity index (χ1v) is 6.80. The molecule has 0 atom stereocenters. The lowest BCUT2D eigenvalue weighted by atomic mass is 9.99. The summed E-state index contributed by atoms with van der Waals surface area (Å²) < 4.78 is 0. The van der Waals surface area contributed by atoms with Crippen molar-refractivity contribution in [3.63, 3.8) is 0 Å². The summed E-state index contributed by atoms with van der Waals surface area (Å²) in [5, 5.41) is 2.74. The molecule has 2 aromatic rings. The van der Waals surface area contributed by atoms with Gasteiger partial charge in [0.25, 0.3) is 0 Å². The minimum Gasteiger partial charge on any atom is -0.0683 e. The van der Waals surface area contributed by atoms with Gasteiger partial charge in [0.1, 0.15) is 0 Å². The van der Waals surface area contributed by atoms with Crippen LogP contribution in [-0.4, -0.2) is 0 Å². The number of benzene rings is 2. The van der Waals surface area contributed by atoms with Crippen molar-refractivity contribution in [2.75, 3.05) is 0 Å². The molecular formula is C17H26. The summed E-state index contributed by atoms with van der Waals surface area (Å²) in [5.74, 6) is 0. The van der Waals surface area contributed by atoms with E-state index in [0.29, 0.717) is 0 Å². The molecule has 0 nitrogen and oxygen atoms in total. The highest BCUT2D eigenvalue weighted by atomic mass is 14.0. The molecule has 0 heteroatoms. The highest BCUT2D eigenvalue weighted by Gasteiger charge is 1.99. The average Bonchev–Trinajstić information content (AvgIpc) is 2.44. The van der Waals surface area contributed by atoms with Gasteiger partial charge in [0.15, 0.2) is 0 Å². The molecule has 0 bridgehead atoms. The number of rotatable bonds is 1. The molecule has 0 spiro atoms. The molecule has 0 unspecified atom stereocenters. The Labute approximate surface area is 107 Å². The van der Waals surface area contributed by atoms with Crippen LogP contribution in [0.5, 0.6) is 0 Å². The van der Waals surface area contributed by atoms with E-state index >= 15 is 0 Å². The van der Waals surface area contributed by atoms with Crippen LogP contribution < -0.4 is 0 Å². The lowest BCUT2D eigenvalue weighted by Crippen LogP contribution is -1.87. The molecule has 0 saturated heterocycles. The number of fused-ring (bicyclic) bond motifs is 1. The fourth-order valence-electron chi connectivity index (χ4n) is 1.86. The highest BCUT2D eigenvalue weighted by Crippen LogP contribution is 2.21. The van der Waals surface area contributed by atoms with Gasteiger partial charge < -0.3 is 0 Å². The van der Waals surface area contributed by atoms with Crippen LogP contribution in [-0.2, 0) is 6.42 Å². The summed E-state index contributed by atoms with van der Waals surface area (Å²) in [4.78, 5) is 0. The van der Waals surface area contributed by atoms with Gasteiger partial charge in [-0.3, -0.25) is 0 Å². The molecular weight excluding hydrogens is 204 g/mol. The lowest BCUT2D eigenvalue weighted by Gasteiger charge is -2.06. The number of hydrogen-bond donors (Lipinski definition) is 0. The molecule has 0 amide bonds. The predicted molar refractivity (Wildman–Crippen MR) is 80.8 cm³/mol. The van der Waals surface area contributed by atoms with Gasteiger partial charge in [0.05, 0.1) is 0 Å². The second-order valence-corrected chi connectivity index (χ2v) is 3.42. The van der Waals surface area contributed by atoms with Crippen molar-refractivity contribution in [2.24, 2.45) is 0 Å². The Balaban J connectivity index is 0.000000581. The second kappa shape index (κ2) is 8.81. The van der Waals surface area contributed by atoms with Crippen LogP contribution in [0.2, 0.25) is 0 Å². The Hall–Kier alpha value is -1.30. The Morgan fingerprint density at radius 1 is 0.824 bits per heavy atom. The maximum Gasteiger partial charge on any atom is -0.0152 e. The van der Waals surface area contributed by atoms with E-state index in [2.05, 4.69) is 50.2 Å². The van der Waals surface area contributed by atoms with E-state index in [0.717, 1.165) is 6.42 Å². The van der Waals surface area contributed by atoms with E-state index in [9.17, 15) is 0 Å². The van der Waals surface area contributed by atoms with Crippen molar-refractivity contribution in [1.29, 1.82) is 0 Å². The van der Waals surface area contributed by atoms with Gasteiger partial charge in [-0.05, 0) is 35.2 Å². The molecule has 0 heterocycles. The van der Waals surface area contributed by atoms with Gasteiger partial charge >= 0.3 is 0 Å². The van der Waals surface area contributed by atoms with E-state index in [1.165, 1.54) is 21.9 Å². The third kappa shape index (κ3) is 3.89. The largest absolute Gasteiger partial charge is 0.0683 e. The average molecular weight is 230 g/mol. The first kappa shape index (κ1) is 15.7. The number of aryl methyl sites for hydroxylation is 2. The molecule has 0 N–H and O–H groups in total. The van der Waals surface area contributed by atoms with E-state index in [1.807, 2.05) is 27.7 Å². The molecule has 0 aliphatic carbocycles. The van der Waals surface area contributed by atoms with Gasteiger partial charge in [-0.1, -0.05) is 71.0 Å². The van der Waals surface area contributed by atoms with E-state index in [4.69, 9.17) is 0 Å². The highest BCUT2D eigenvalue weighted by molar-refractivity contribution is 5.86. The minimum absolute atomic E-state index is 1.12. The fourth-order valence-corrected chi connectivity index (χ4v) is 1.86. The Morgan fingerprint density at radius 3 is 2.00 bits per heavy atom. The van der Waals surface area contributed by atoms with Crippen LogP contribution in [0.1, 0.15) is 45.7 Å². The first-order chi connectivity index (χ1) is 8.33. The van der Waals surface area contributed by atoms with E-state index in [1.54, 1.807) is 0 Å². The van der Waals surface area contributed by atoms with Gasteiger partial charge in [-0.2, -0.15) is 0 Å². The molecule has 94 valence electrons. The van der Waals surface area contributed by atoms with Crippen molar-refractivity contribution in [2.45, 2.75) is 48.0 Å². The van der Waals surface area contributed by atoms with E-state index in [-0.39, 0.29) is 0 Å². The summed E-state index contributed by atoms with van der Waals surface area (Å²) in [5.41, 5.74) is 2.89. The lowest BCUT2D eigenvalue weighted by molar-refractivity contribution is 1.12. The van der Waals surface area contributed by atoms with Crippen LogP contribution in [0.4, 0.5) is 0 Å². The van der Waals surface area contributed by atoms with Crippen LogP contribution in [0.15, 0.2) is 36.4 Å². The standard InChI is InChI=1S/C13H14.2C2H6/c1-3-11-8-9-12-6-4-5-7-13(12)10(11)2;2*1-2/h4-9H,3H2,1-2H3;2*1-2H3. The van der Waals surface area contributed by atoms with Crippen molar-refractivity contribution >= 4 is 10.8 Å². The minimum atomic E-state index is 1.12.